The quantitative estimate of drug-likeness (QED) is 0.304. The highest BCUT2D eigenvalue weighted by Crippen LogP contribution is 2.43. The van der Waals surface area contributed by atoms with Gasteiger partial charge in [0.15, 0.2) is 5.78 Å². The van der Waals surface area contributed by atoms with Gasteiger partial charge in [-0.05, 0) is 30.7 Å². The van der Waals surface area contributed by atoms with Crippen molar-refractivity contribution in [3.05, 3.63) is 74.8 Å². The van der Waals surface area contributed by atoms with E-state index < -0.39 is 82.2 Å². The Balaban J connectivity index is 1.41. The Hall–Kier alpha value is -4.06. The lowest BCUT2D eigenvalue weighted by Gasteiger charge is -2.29. The van der Waals surface area contributed by atoms with Crippen LogP contribution in [0.5, 0.6) is 0 Å². The number of Topliss-reactive ketones (excluding diaryl/α,β-unsaturated/α-hetero) is 1. The number of aliphatic hydroxyl groups is 1. The van der Waals surface area contributed by atoms with Crippen molar-refractivity contribution < 1.29 is 41.8 Å². The Morgan fingerprint density at radius 2 is 1.85 bits per heavy atom. The standard InChI is InChI=1S/C27H20ClF4N3O5/c28-17-5-4-16(27(30,31)32)23(24(17)29)12-8-20(36)14(21(37)9-12)10-33-18-3-1-2-13-15(18)11-35(26(13)40)19-6-7-22(38)34-25(19)39/h1-5,10,12,19,36H,6-9,11H2,(H,34,38,39). The summed E-state index contributed by atoms with van der Waals surface area (Å²) in [5.74, 6) is -5.35. The minimum Gasteiger partial charge on any atom is -0.511 e. The smallest absolute Gasteiger partial charge is 0.416 e. The third-order valence-corrected chi connectivity index (χ3v) is 7.51. The third kappa shape index (κ3) is 4.87. The number of hydrogen-bond donors (Lipinski definition) is 2. The summed E-state index contributed by atoms with van der Waals surface area (Å²) in [5, 5.41) is 12.3. The first kappa shape index (κ1) is 27.5. The maximum Gasteiger partial charge on any atom is 0.416 e. The molecule has 1 aliphatic carbocycles. The second-order valence-electron chi connectivity index (χ2n) is 9.67. The van der Waals surface area contributed by atoms with Crippen molar-refractivity contribution in [3.8, 4) is 0 Å². The monoisotopic (exact) mass is 577 g/mol. The Kier molecular flexibility index (Phi) is 6.99. The molecule has 3 amide bonds. The molecule has 2 aliphatic heterocycles. The van der Waals surface area contributed by atoms with Crippen LogP contribution in [0.2, 0.25) is 5.02 Å². The van der Waals surface area contributed by atoms with Crippen molar-refractivity contribution in [3.63, 3.8) is 0 Å². The summed E-state index contributed by atoms with van der Waals surface area (Å²) in [6.07, 6.45) is -4.58. The number of carbonyl (C=O) groups excluding carboxylic acids is 4. The van der Waals surface area contributed by atoms with Crippen LogP contribution in [0, 0.1) is 5.82 Å². The molecule has 1 saturated heterocycles. The van der Waals surface area contributed by atoms with Crippen molar-refractivity contribution >= 4 is 47.0 Å². The molecule has 0 spiro atoms. The number of piperidine rings is 1. The van der Waals surface area contributed by atoms with Crippen LogP contribution in [0.1, 0.15) is 58.6 Å². The highest BCUT2D eigenvalue weighted by molar-refractivity contribution is 6.30. The number of ketones is 1. The summed E-state index contributed by atoms with van der Waals surface area (Å²) in [6, 6.07) is 5.23. The molecule has 2 aromatic carbocycles. The zero-order valence-electron chi connectivity index (χ0n) is 20.5. The molecule has 208 valence electrons. The molecule has 2 N–H and O–H groups in total. The van der Waals surface area contributed by atoms with Gasteiger partial charge in [-0.25, -0.2) is 4.39 Å². The molecule has 3 aliphatic rings. The van der Waals surface area contributed by atoms with E-state index in [0.717, 1.165) is 12.3 Å². The van der Waals surface area contributed by atoms with Gasteiger partial charge < -0.3 is 10.0 Å². The van der Waals surface area contributed by atoms with Crippen molar-refractivity contribution in [1.29, 1.82) is 0 Å². The molecule has 8 nitrogen and oxygen atoms in total. The first-order valence-corrected chi connectivity index (χ1v) is 12.6. The number of benzene rings is 2. The summed E-state index contributed by atoms with van der Waals surface area (Å²) >= 11 is 5.72. The molecule has 2 aromatic rings. The SMILES string of the molecule is O=C1CCC(N2Cc3c(N=CC4=C(O)CC(c5c(C(F)(F)F)ccc(Cl)c5F)CC4=O)cccc3C2=O)C(=O)N1. The highest BCUT2D eigenvalue weighted by Gasteiger charge is 2.41. The number of aliphatic hydroxyl groups excluding tert-OH is 1. The van der Waals surface area contributed by atoms with Gasteiger partial charge in [-0.1, -0.05) is 17.7 Å². The van der Waals surface area contributed by atoms with E-state index in [1.54, 1.807) is 18.2 Å². The van der Waals surface area contributed by atoms with Gasteiger partial charge in [0.05, 0.1) is 21.8 Å². The van der Waals surface area contributed by atoms with Gasteiger partial charge in [-0.2, -0.15) is 13.2 Å². The number of aliphatic imine (C=N–C) groups is 1. The Bertz CT molecular complexity index is 1530. The molecule has 1 fully saturated rings. The second-order valence-corrected chi connectivity index (χ2v) is 10.1. The molecule has 0 saturated carbocycles. The molecule has 2 unspecified atom stereocenters. The van der Waals surface area contributed by atoms with Gasteiger partial charge in [0.25, 0.3) is 5.91 Å². The lowest BCUT2D eigenvalue weighted by Crippen LogP contribution is -2.52. The fraction of sp³-hybridized carbons (Fsp3) is 0.296. The number of alkyl halides is 3. The Morgan fingerprint density at radius 3 is 2.52 bits per heavy atom. The predicted octanol–water partition coefficient (Wildman–Crippen LogP) is 4.92. The van der Waals surface area contributed by atoms with Gasteiger partial charge in [0.1, 0.15) is 17.6 Å². The number of nitrogens with zero attached hydrogens (tertiary/aromatic N) is 2. The molecule has 0 bridgehead atoms. The molecular formula is C27H20ClF4N3O5. The van der Waals surface area contributed by atoms with E-state index in [4.69, 9.17) is 11.6 Å². The van der Waals surface area contributed by atoms with Crippen molar-refractivity contribution in [2.24, 2.45) is 4.99 Å². The molecule has 5 rings (SSSR count). The van der Waals surface area contributed by atoms with Crippen LogP contribution in [0.3, 0.4) is 0 Å². The van der Waals surface area contributed by atoms with Gasteiger partial charge in [0, 0.05) is 54.6 Å². The number of nitrogens with one attached hydrogen (secondary N) is 1. The fourth-order valence-corrected chi connectivity index (χ4v) is 5.46. The first-order chi connectivity index (χ1) is 18.9. The largest absolute Gasteiger partial charge is 0.511 e. The van der Waals surface area contributed by atoms with E-state index in [2.05, 4.69) is 10.3 Å². The van der Waals surface area contributed by atoms with E-state index in [1.807, 2.05) is 0 Å². The highest BCUT2D eigenvalue weighted by atomic mass is 35.5. The number of hydrogen-bond acceptors (Lipinski definition) is 6. The summed E-state index contributed by atoms with van der Waals surface area (Å²) in [5.41, 5.74) is -1.30. The fourth-order valence-electron chi connectivity index (χ4n) is 5.30. The van der Waals surface area contributed by atoms with Crippen LogP contribution in [-0.4, -0.2) is 45.8 Å². The minimum atomic E-state index is -4.91. The number of fused-ring (bicyclic) bond motifs is 1. The van der Waals surface area contributed by atoms with Crippen LogP contribution >= 0.6 is 11.6 Å². The molecule has 2 heterocycles. The third-order valence-electron chi connectivity index (χ3n) is 7.22. The predicted molar refractivity (Wildman–Crippen MR) is 134 cm³/mol. The molecule has 2 atom stereocenters. The average molecular weight is 578 g/mol. The number of carbonyl (C=O) groups is 4. The van der Waals surface area contributed by atoms with Crippen LogP contribution in [0.25, 0.3) is 0 Å². The zero-order chi connectivity index (χ0) is 28.9. The van der Waals surface area contributed by atoms with E-state index in [9.17, 15) is 41.8 Å². The number of halogens is 5. The topological polar surface area (TPSA) is 116 Å². The summed E-state index contributed by atoms with van der Waals surface area (Å²) < 4.78 is 55.4. The molecule has 13 heteroatoms. The Labute approximate surface area is 229 Å². The van der Waals surface area contributed by atoms with E-state index in [-0.39, 0.29) is 36.2 Å². The van der Waals surface area contributed by atoms with Gasteiger partial charge in [-0.3, -0.25) is 29.5 Å². The number of amides is 3. The van der Waals surface area contributed by atoms with E-state index in [0.29, 0.717) is 11.6 Å². The number of allylic oxidation sites excluding steroid dienone is 2. The molecular weight excluding hydrogens is 558 g/mol. The maximum absolute atomic E-state index is 14.7. The second kappa shape index (κ2) is 10.2. The molecule has 0 aromatic heterocycles. The van der Waals surface area contributed by atoms with E-state index in [1.165, 1.54) is 4.90 Å². The number of imide groups is 1. The maximum atomic E-state index is 14.7. The average Bonchev–Trinajstić information content (AvgIpc) is 3.21. The number of rotatable bonds is 4. The molecule has 40 heavy (non-hydrogen) atoms. The van der Waals surface area contributed by atoms with Crippen molar-refractivity contribution in [2.75, 3.05) is 0 Å². The molecule has 0 radical (unpaired) electrons. The lowest BCUT2D eigenvalue weighted by molar-refractivity contribution is -0.139. The Morgan fingerprint density at radius 1 is 1.10 bits per heavy atom. The zero-order valence-corrected chi connectivity index (χ0v) is 21.3. The van der Waals surface area contributed by atoms with Gasteiger partial charge in [-0.15, -0.1) is 0 Å². The summed E-state index contributed by atoms with van der Waals surface area (Å²) in [7, 11) is 0. The van der Waals surface area contributed by atoms with E-state index >= 15 is 0 Å². The normalized spacial score (nSPS) is 21.9. The van der Waals surface area contributed by atoms with Crippen molar-refractivity contribution in [1.82, 2.24) is 10.2 Å². The van der Waals surface area contributed by atoms with Gasteiger partial charge in [0.2, 0.25) is 11.8 Å². The lowest BCUT2D eigenvalue weighted by atomic mass is 9.80. The van der Waals surface area contributed by atoms with Crippen LogP contribution < -0.4 is 5.32 Å². The minimum absolute atomic E-state index is 0.0171. The van der Waals surface area contributed by atoms with Crippen molar-refractivity contribution in [2.45, 2.75) is 50.4 Å². The summed E-state index contributed by atoms with van der Waals surface area (Å²) in [6.45, 7) is 0.0171. The van der Waals surface area contributed by atoms with Crippen LogP contribution in [0.15, 0.2) is 46.7 Å². The van der Waals surface area contributed by atoms with Crippen LogP contribution in [0.4, 0.5) is 23.2 Å². The first-order valence-electron chi connectivity index (χ1n) is 12.2. The summed E-state index contributed by atoms with van der Waals surface area (Å²) in [4.78, 5) is 55.3. The van der Waals surface area contributed by atoms with Crippen LogP contribution in [-0.2, 0) is 27.1 Å². The van der Waals surface area contributed by atoms with Gasteiger partial charge >= 0.3 is 6.18 Å².